The first-order chi connectivity index (χ1) is 17.0. The highest BCUT2D eigenvalue weighted by atomic mass is 35.5. The average molecular weight is 537 g/mol. The standard InChI is InChI=1S/C26H24ClF3N2O3S/c27-22-8-10-23(11-9-22)36(34,35)15-14-32-25(12-13-25)24(33)31-17-18-2-1-3-20(16-18)19-4-6-21(7-5-19)26(28,29)30/h1-11,16,32H,12-15,17H2,(H,31,33). The fraction of sp³-hybridized carbons (Fsp3) is 0.269. The molecule has 0 bridgehead atoms. The normalized spacial score (nSPS) is 14.9. The quantitative estimate of drug-likeness (QED) is 0.392. The summed E-state index contributed by atoms with van der Waals surface area (Å²) in [6.45, 7) is 0.363. The molecule has 2 N–H and O–H groups in total. The van der Waals surface area contributed by atoms with E-state index in [1.165, 1.54) is 36.4 Å². The molecule has 0 aliphatic heterocycles. The molecule has 0 unspecified atom stereocenters. The first-order valence-corrected chi connectivity index (χ1v) is 13.3. The molecule has 0 radical (unpaired) electrons. The van der Waals surface area contributed by atoms with Gasteiger partial charge in [-0.15, -0.1) is 0 Å². The zero-order valence-corrected chi connectivity index (χ0v) is 20.7. The van der Waals surface area contributed by atoms with Gasteiger partial charge < -0.3 is 10.6 Å². The van der Waals surface area contributed by atoms with Gasteiger partial charge in [-0.3, -0.25) is 4.79 Å². The van der Waals surface area contributed by atoms with Crippen molar-refractivity contribution in [1.29, 1.82) is 0 Å². The minimum absolute atomic E-state index is 0.127. The molecule has 0 saturated heterocycles. The molecule has 5 nitrogen and oxygen atoms in total. The summed E-state index contributed by atoms with van der Waals surface area (Å²) in [6.07, 6.45) is -3.19. The number of amides is 1. The monoisotopic (exact) mass is 536 g/mol. The molecule has 4 rings (SSSR count). The SMILES string of the molecule is O=C(NCc1cccc(-c2ccc(C(F)(F)F)cc2)c1)C1(NCCS(=O)(=O)c2ccc(Cl)cc2)CC1. The van der Waals surface area contributed by atoms with Crippen LogP contribution in [-0.2, 0) is 27.4 Å². The van der Waals surface area contributed by atoms with Gasteiger partial charge in [-0.1, -0.05) is 41.9 Å². The van der Waals surface area contributed by atoms with Crippen LogP contribution in [0.1, 0.15) is 24.0 Å². The highest BCUT2D eigenvalue weighted by molar-refractivity contribution is 7.91. The van der Waals surface area contributed by atoms with Crippen LogP contribution in [0.15, 0.2) is 77.7 Å². The Labute approximate surface area is 212 Å². The van der Waals surface area contributed by atoms with Gasteiger partial charge in [0.25, 0.3) is 0 Å². The molecule has 1 aliphatic rings. The Kier molecular flexibility index (Phi) is 7.45. The Morgan fingerprint density at radius 3 is 2.22 bits per heavy atom. The van der Waals surface area contributed by atoms with Crippen molar-refractivity contribution < 1.29 is 26.4 Å². The molecule has 1 saturated carbocycles. The summed E-state index contributed by atoms with van der Waals surface area (Å²) in [6, 6.07) is 18.1. The first-order valence-electron chi connectivity index (χ1n) is 11.3. The Hall–Kier alpha value is -2.88. The lowest BCUT2D eigenvalue weighted by Gasteiger charge is -2.17. The number of alkyl halides is 3. The van der Waals surface area contributed by atoms with Gasteiger partial charge >= 0.3 is 6.18 Å². The lowest BCUT2D eigenvalue weighted by atomic mass is 10.0. The molecule has 0 aromatic heterocycles. The lowest BCUT2D eigenvalue weighted by Crippen LogP contribution is -2.47. The maximum atomic E-state index is 12.8. The van der Waals surface area contributed by atoms with Crippen LogP contribution in [-0.4, -0.2) is 32.2 Å². The van der Waals surface area contributed by atoms with Crippen LogP contribution in [0.3, 0.4) is 0 Å². The number of halogens is 4. The number of rotatable bonds is 9. The third kappa shape index (κ3) is 6.27. The maximum Gasteiger partial charge on any atom is 0.416 e. The minimum atomic E-state index is -4.39. The van der Waals surface area contributed by atoms with E-state index in [0.29, 0.717) is 23.4 Å². The molecule has 0 atom stereocenters. The van der Waals surface area contributed by atoms with Crippen molar-refractivity contribution in [3.63, 3.8) is 0 Å². The average Bonchev–Trinajstić information content (AvgIpc) is 3.63. The van der Waals surface area contributed by atoms with Gasteiger partial charge in [0.15, 0.2) is 9.84 Å². The largest absolute Gasteiger partial charge is 0.416 e. The van der Waals surface area contributed by atoms with Gasteiger partial charge in [0.2, 0.25) is 5.91 Å². The van der Waals surface area contributed by atoms with Crippen molar-refractivity contribution in [3.8, 4) is 11.1 Å². The number of benzene rings is 3. The summed E-state index contributed by atoms with van der Waals surface area (Å²) in [7, 11) is -3.51. The van der Waals surface area contributed by atoms with E-state index in [4.69, 9.17) is 11.6 Å². The summed E-state index contributed by atoms with van der Waals surface area (Å²) < 4.78 is 63.4. The van der Waals surface area contributed by atoms with Crippen LogP contribution in [0.2, 0.25) is 5.02 Å². The molecule has 3 aromatic rings. The third-order valence-electron chi connectivity index (χ3n) is 6.12. The Morgan fingerprint density at radius 1 is 0.944 bits per heavy atom. The Morgan fingerprint density at radius 2 is 1.61 bits per heavy atom. The Bertz CT molecular complexity index is 1340. The molecular formula is C26H24ClF3N2O3S. The van der Waals surface area contributed by atoms with Crippen LogP contribution in [0, 0.1) is 0 Å². The summed E-state index contributed by atoms with van der Waals surface area (Å²) >= 11 is 5.81. The maximum absolute atomic E-state index is 12.8. The fourth-order valence-electron chi connectivity index (χ4n) is 3.86. The van der Waals surface area contributed by atoms with E-state index in [2.05, 4.69) is 10.6 Å². The van der Waals surface area contributed by atoms with Crippen LogP contribution in [0.25, 0.3) is 11.1 Å². The third-order valence-corrected chi connectivity index (χ3v) is 8.10. The molecule has 3 aromatic carbocycles. The van der Waals surface area contributed by atoms with Gasteiger partial charge in [0.05, 0.1) is 21.8 Å². The van der Waals surface area contributed by atoms with Crippen LogP contribution < -0.4 is 10.6 Å². The van der Waals surface area contributed by atoms with Crippen LogP contribution in [0.5, 0.6) is 0 Å². The number of carbonyl (C=O) groups is 1. The molecule has 1 amide bonds. The fourth-order valence-corrected chi connectivity index (χ4v) is 5.14. The van der Waals surface area contributed by atoms with E-state index >= 15 is 0 Å². The smallest absolute Gasteiger partial charge is 0.350 e. The second kappa shape index (κ2) is 10.2. The van der Waals surface area contributed by atoms with Gasteiger partial charge in [-0.05, 0) is 72.0 Å². The first kappa shape index (κ1) is 26.2. The predicted octanol–water partition coefficient (Wildman–Crippen LogP) is 5.24. The van der Waals surface area contributed by atoms with E-state index in [-0.39, 0.29) is 29.6 Å². The molecule has 0 spiro atoms. The van der Waals surface area contributed by atoms with Crippen molar-refractivity contribution >= 4 is 27.3 Å². The van der Waals surface area contributed by atoms with Gasteiger partial charge in [-0.2, -0.15) is 13.2 Å². The zero-order valence-electron chi connectivity index (χ0n) is 19.1. The van der Waals surface area contributed by atoms with E-state index in [9.17, 15) is 26.4 Å². The number of sulfone groups is 1. The molecule has 190 valence electrons. The van der Waals surface area contributed by atoms with E-state index in [1.807, 2.05) is 12.1 Å². The summed E-state index contributed by atoms with van der Waals surface area (Å²) in [4.78, 5) is 13.0. The molecule has 1 fully saturated rings. The van der Waals surface area contributed by atoms with Crippen molar-refractivity contribution in [3.05, 3.63) is 88.9 Å². The molecule has 10 heteroatoms. The van der Waals surface area contributed by atoms with Gasteiger partial charge in [0, 0.05) is 18.1 Å². The zero-order chi connectivity index (χ0) is 26.0. The van der Waals surface area contributed by atoms with E-state index in [0.717, 1.165) is 23.3 Å². The van der Waals surface area contributed by atoms with Crippen LogP contribution in [0.4, 0.5) is 13.2 Å². The molecule has 1 aliphatic carbocycles. The highest BCUT2D eigenvalue weighted by Crippen LogP contribution is 2.36. The molecule has 0 heterocycles. The summed E-state index contributed by atoms with van der Waals surface area (Å²) in [5.74, 6) is -0.370. The molecule has 36 heavy (non-hydrogen) atoms. The number of hydrogen-bond donors (Lipinski definition) is 2. The summed E-state index contributed by atoms with van der Waals surface area (Å²) in [5.41, 5.74) is 0.667. The van der Waals surface area contributed by atoms with Crippen molar-refractivity contribution in [2.45, 2.75) is 36.0 Å². The summed E-state index contributed by atoms with van der Waals surface area (Å²) in [5, 5.41) is 6.42. The number of carbonyl (C=O) groups excluding carboxylic acids is 1. The van der Waals surface area contributed by atoms with Gasteiger partial charge in [0.1, 0.15) is 0 Å². The highest BCUT2D eigenvalue weighted by Gasteiger charge is 2.49. The van der Waals surface area contributed by atoms with E-state index in [1.54, 1.807) is 12.1 Å². The second-order valence-corrected chi connectivity index (χ2v) is 11.3. The van der Waals surface area contributed by atoms with Crippen molar-refractivity contribution in [1.82, 2.24) is 10.6 Å². The van der Waals surface area contributed by atoms with Crippen LogP contribution >= 0.6 is 11.6 Å². The van der Waals surface area contributed by atoms with Crippen molar-refractivity contribution in [2.75, 3.05) is 12.3 Å². The van der Waals surface area contributed by atoms with Crippen molar-refractivity contribution in [2.24, 2.45) is 0 Å². The van der Waals surface area contributed by atoms with Gasteiger partial charge in [-0.25, -0.2) is 8.42 Å². The topological polar surface area (TPSA) is 75.3 Å². The lowest BCUT2D eigenvalue weighted by molar-refractivity contribution is -0.137. The number of nitrogens with one attached hydrogen (secondary N) is 2. The Balaban J connectivity index is 1.32. The predicted molar refractivity (Wildman–Crippen MR) is 132 cm³/mol. The molecular weight excluding hydrogens is 513 g/mol. The minimum Gasteiger partial charge on any atom is -0.350 e. The second-order valence-electron chi connectivity index (χ2n) is 8.74. The van der Waals surface area contributed by atoms with E-state index < -0.39 is 27.1 Å². The number of hydrogen-bond acceptors (Lipinski definition) is 4.